The zero-order valence-corrected chi connectivity index (χ0v) is 28.2. The van der Waals surface area contributed by atoms with E-state index in [4.69, 9.17) is 27.2 Å². The lowest BCUT2D eigenvalue weighted by Crippen LogP contribution is -2.46. The molecule has 6 rings (SSSR count). The third-order valence-electron chi connectivity index (χ3n) is 10.1. The molecule has 4 aliphatic rings. The highest BCUT2D eigenvalue weighted by molar-refractivity contribution is 5.83. The molecule has 0 aliphatic carbocycles. The lowest BCUT2D eigenvalue weighted by Gasteiger charge is -2.43. The fraction of sp³-hybridized carbons (Fsp3) is 0.632. The molecule has 2 aromatic rings. The van der Waals surface area contributed by atoms with E-state index < -0.39 is 14.1 Å². The molecule has 2 fully saturated rings. The molecule has 0 saturated carbocycles. The van der Waals surface area contributed by atoms with Gasteiger partial charge in [-0.2, -0.15) is 0 Å². The molecule has 0 radical (unpaired) electrons. The molecule has 0 unspecified atom stereocenters. The van der Waals surface area contributed by atoms with Gasteiger partial charge in [-0.3, -0.25) is 19.4 Å². The minimum atomic E-state index is -2.52. The Morgan fingerprint density at radius 3 is 1.41 bits per heavy atom. The van der Waals surface area contributed by atoms with E-state index in [9.17, 15) is 9.59 Å². The number of carbonyl (C=O) groups is 2. The van der Waals surface area contributed by atoms with Crippen LogP contribution in [0.5, 0.6) is 23.0 Å². The number of ketones is 2. The second-order valence-electron chi connectivity index (χ2n) is 14.1. The Bertz CT molecular complexity index is 1490. The fourth-order valence-corrected chi connectivity index (χ4v) is 7.95. The second-order valence-corrected chi connectivity index (χ2v) is 14.1. The predicted molar refractivity (Wildman–Crippen MR) is 180 cm³/mol. The highest BCUT2D eigenvalue weighted by atomic mass is 16.5. The summed E-state index contributed by atoms with van der Waals surface area (Å²) in [6.07, 6.45) is 4.51. The van der Waals surface area contributed by atoms with Gasteiger partial charge in [0.1, 0.15) is 11.6 Å². The number of hydrogen-bond donors (Lipinski definition) is 0. The quantitative estimate of drug-likeness (QED) is 0.325. The molecule has 0 aromatic heterocycles. The number of benzene rings is 2. The summed E-state index contributed by atoms with van der Waals surface area (Å²) in [5.41, 5.74) is 4.20. The third-order valence-corrected chi connectivity index (χ3v) is 10.1. The number of ether oxygens (including phenoxy) is 4. The molecule has 8 nitrogen and oxygen atoms in total. The first-order valence-electron chi connectivity index (χ1n) is 19.7. The van der Waals surface area contributed by atoms with Crippen LogP contribution in [0.15, 0.2) is 24.3 Å². The van der Waals surface area contributed by atoms with Crippen molar-refractivity contribution in [1.82, 2.24) is 9.80 Å². The summed E-state index contributed by atoms with van der Waals surface area (Å²) >= 11 is 0. The van der Waals surface area contributed by atoms with Gasteiger partial charge in [-0.05, 0) is 84.0 Å². The van der Waals surface area contributed by atoms with Crippen LogP contribution in [-0.4, -0.2) is 75.8 Å². The maximum Gasteiger partial charge on any atom is 0.161 e. The Balaban J connectivity index is 0.000000201. The summed E-state index contributed by atoms with van der Waals surface area (Å²) in [6, 6.07) is 7.33. The van der Waals surface area contributed by atoms with Gasteiger partial charge in [0.2, 0.25) is 0 Å². The van der Waals surface area contributed by atoms with Gasteiger partial charge in [0, 0.05) is 62.9 Å². The molecule has 0 bridgehead atoms. The highest BCUT2D eigenvalue weighted by Gasteiger charge is 2.40. The first-order chi connectivity index (χ1) is 24.3. The zero-order valence-electron chi connectivity index (χ0n) is 34.2. The smallest absolute Gasteiger partial charge is 0.161 e. The average molecular weight is 641 g/mol. The Labute approximate surface area is 284 Å². The van der Waals surface area contributed by atoms with Gasteiger partial charge in [0.25, 0.3) is 0 Å². The van der Waals surface area contributed by atoms with Gasteiger partial charge in [-0.25, -0.2) is 0 Å². The summed E-state index contributed by atoms with van der Waals surface area (Å²) in [7, 11) is -2.04. The first-order valence-corrected chi connectivity index (χ1v) is 16.7. The van der Waals surface area contributed by atoms with Crippen molar-refractivity contribution >= 4 is 11.6 Å². The van der Waals surface area contributed by atoms with E-state index in [-0.39, 0.29) is 35.4 Å². The molecular weight excluding hydrogens is 580 g/mol. The summed E-state index contributed by atoms with van der Waals surface area (Å²) in [5, 5.41) is 0. The Morgan fingerprint density at radius 1 is 0.674 bits per heavy atom. The van der Waals surface area contributed by atoms with E-state index in [0.717, 1.165) is 74.1 Å². The van der Waals surface area contributed by atoms with Crippen LogP contribution >= 0.6 is 0 Å². The van der Waals surface area contributed by atoms with Crippen molar-refractivity contribution in [3.05, 3.63) is 46.5 Å². The number of hydrogen-bond acceptors (Lipinski definition) is 8. The van der Waals surface area contributed by atoms with Gasteiger partial charge in [0.15, 0.2) is 23.0 Å². The number of carbonyl (C=O) groups excluding carboxylic acids is 2. The first kappa shape index (κ1) is 26.9. The van der Waals surface area contributed by atoms with Crippen LogP contribution in [0.1, 0.15) is 95.9 Å². The van der Waals surface area contributed by atoms with Crippen molar-refractivity contribution in [2.45, 2.75) is 78.3 Å². The number of methoxy groups -OCH3 is 4. The molecule has 2 aromatic carbocycles. The zero-order chi connectivity index (χ0) is 38.1. The van der Waals surface area contributed by atoms with E-state index in [1.807, 2.05) is 12.1 Å². The van der Waals surface area contributed by atoms with E-state index in [1.165, 1.54) is 14.2 Å². The molecule has 4 aliphatic heterocycles. The number of rotatable bonds is 8. The van der Waals surface area contributed by atoms with E-state index in [0.29, 0.717) is 47.7 Å². The molecule has 2 saturated heterocycles. The minimum Gasteiger partial charge on any atom is -0.493 e. The number of piperidine rings is 2. The van der Waals surface area contributed by atoms with Crippen molar-refractivity contribution < 1.29 is 36.8 Å². The average Bonchev–Trinajstić information content (AvgIpc) is 3.03. The Hall–Kier alpha value is -3.10. The lowest BCUT2D eigenvalue weighted by molar-refractivity contribution is -0.130. The number of Topliss-reactive ketones (excluding diaryl/α,β-unsaturated/α-hetero) is 2. The van der Waals surface area contributed by atoms with Crippen LogP contribution in [0.25, 0.3) is 0 Å². The molecule has 252 valence electrons. The van der Waals surface area contributed by atoms with Gasteiger partial charge >= 0.3 is 0 Å². The van der Waals surface area contributed by atoms with Crippen LogP contribution in [0.2, 0.25) is 0 Å². The highest BCUT2D eigenvalue weighted by Crippen LogP contribution is 2.44. The Kier molecular flexibility index (Phi) is 8.64. The largest absolute Gasteiger partial charge is 0.493 e. The summed E-state index contributed by atoms with van der Waals surface area (Å²) in [6.45, 7) is 12.0. The van der Waals surface area contributed by atoms with Crippen LogP contribution in [-0.2, 0) is 22.4 Å². The van der Waals surface area contributed by atoms with E-state index in [1.54, 1.807) is 12.1 Å². The van der Waals surface area contributed by atoms with Crippen LogP contribution in [0, 0.1) is 23.7 Å². The van der Waals surface area contributed by atoms with E-state index >= 15 is 0 Å². The minimum absolute atomic E-state index is 0.0466. The SMILES string of the molecule is [2H]C([2H])([2H])Oc1cc2c(cc1OC)[C@@H]1CC(=O)[C@H](CC(C)C)CN1CC2.[2H]C([2H])([2H])Oc1cc2c(cc1OC)[C@H]1CC(=O)[C@@H](CC(C)C)CN1CC2. The normalized spacial score (nSPS) is 26.8. The molecule has 4 atom stereocenters. The van der Waals surface area contributed by atoms with Gasteiger partial charge < -0.3 is 18.9 Å². The molecule has 0 N–H and O–H groups in total. The molecule has 4 heterocycles. The molecular formula is C38H54N2O6. The fourth-order valence-electron chi connectivity index (χ4n) is 7.95. The van der Waals surface area contributed by atoms with Crippen molar-refractivity contribution in [1.29, 1.82) is 0 Å². The lowest BCUT2D eigenvalue weighted by atomic mass is 9.80. The summed E-state index contributed by atoms with van der Waals surface area (Å²) < 4.78 is 64.9. The standard InChI is InChI=1S/2C19H27NO3/c2*1-12(2)7-14-11-20-6-5-13-8-18(22-3)19(23-4)9-15(13)16(20)10-17(14)21/h2*8-9,12,14,16H,5-7,10-11H2,1-4H3/t2*14-,16+/m10/s1/i2*3D3. The molecule has 8 heteroatoms. The number of nitrogens with zero attached hydrogens (tertiary/aromatic N) is 2. The maximum absolute atomic E-state index is 12.6. The Morgan fingerprint density at radius 2 is 1.07 bits per heavy atom. The van der Waals surface area contributed by atoms with Crippen molar-refractivity contribution in [3.63, 3.8) is 0 Å². The molecule has 0 spiro atoms. The van der Waals surface area contributed by atoms with Crippen LogP contribution in [0.3, 0.4) is 0 Å². The van der Waals surface area contributed by atoms with Crippen LogP contribution < -0.4 is 18.9 Å². The van der Waals surface area contributed by atoms with Gasteiger partial charge in [-0.15, -0.1) is 0 Å². The summed E-state index contributed by atoms with van der Waals surface area (Å²) in [4.78, 5) is 30.1. The third kappa shape index (κ3) is 7.23. The van der Waals surface area contributed by atoms with Gasteiger partial charge in [-0.1, -0.05) is 27.7 Å². The number of fused-ring (bicyclic) bond motifs is 6. The van der Waals surface area contributed by atoms with Crippen LogP contribution in [0.4, 0.5) is 0 Å². The molecule has 46 heavy (non-hydrogen) atoms. The van der Waals surface area contributed by atoms with Crippen molar-refractivity contribution in [3.8, 4) is 23.0 Å². The van der Waals surface area contributed by atoms with Crippen molar-refractivity contribution in [2.75, 3.05) is 54.5 Å². The molecule has 0 amide bonds. The van der Waals surface area contributed by atoms with Gasteiger partial charge in [0.05, 0.1) is 36.5 Å². The topological polar surface area (TPSA) is 77.5 Å². The second kappa shape index (κ2) is 14.8. The monoisotopic (exact) mass is 640 g/mol. The summed E-state index contributed by atoms with van der Waals surface area (Å²) in [5.74, 6) is 3.19. The maximum atomic E-state index is 12.6. The van der Waals surface area contributed by atoms with Crippen molar-refractivity contribution in [2.24, 2.45) is 23.7 Å². The van der Waals surface area contributed by atoms with E-state index in [2.05, 4.69) is 37.5 Å². The predicted octanol–water partition coefficient (Wildman–Crippen LogP) is 6.48.